The Morgan fingerprint density at radius 3 is 3.17 bits per heavy atom. The number of hydroxylamine groups is 2. The van der Waals surface area contributed by atoms with E-state index in [0.29, 0.717) is 22.4 Å². The second-order valence-electron chi connectivity index (χ2n) is 3.34. The van der Waals surface area contributed by atoms with Crippen molar-refractivity contribution < 1.29 is 9.63 Å². The summed E-state index contributed by atoms with van der Waals surface area (Å²) in [4.78, 5) is 17.4. The third kappa shape index (κ3) is 2.30. The minimum atomic E-state index is -0.352. The largest absolute Gasteiger partial charge is 0.279 e. The second-order valence-corrected chi connectivity index (χ2v) is 4.10. The third-order valence-electron chi connectivity index (χ3n) is 2.23. The molecule has 0 bridgehead atoms. The van der Waals surface area contributed by atoms with Gasteiger partial charge in [-0.2, -0.15) is 5.26 Å². The quantitative estimate of drug-likeness (QED) is 0.617. The number of carbonyl (C=O) groups excluding carboxylic acids is 1. The Kier molecular flexibility index (Phi) is 3.82. The molecule has 0 radical (unpaired) electrons. The summed E-state index contributed by atoms with van der Waals surface area (Å²) in [6.45, 7) is 1.96. The van der Waals surface area contributed by atoms with Crippen LogP contribution in [0, 0.1) is 11.3 Å². The Labute approximate surface area is 108 Å². The van der Waals surface area contributed by atoms with Crippen LogP contribution in [0.4, 0.5) is 0 Å². The van der Waals surface area contributed by atoms with Crippen molar-refractivity contribution in [1.82, 2.24) is 14.7 Å². The van der Waals surface area contributed by atoms with E-state index in [9.17, 15) is 4.79 Å². The lowest BCUT2D eigenvalue weighted by molar-refractivity contribution is -0.110. The van der Waals surface area contributed by atoms with Gasteiger partial charge in [0.05, 0.1) is 22.9 Å². The van der Waals surface area contributed by atoms with Crippen LogP contribution < -0.4 is 0 Å². The number of hydrogen-bond donors (Lipinski definition) is 0. The normalized spacial score (nSPS) is 10.2. The first-order chi connectivity index (χ1) is 8.77. The Bertz CT molecular complexity index is 604. The van der Waals surface area contributed by atoms with Gasteiger partial charge in [-0.15, -0.1) is 5.10 Å². The number of benzene rings is 1. The molecule has 0 unspecified atom stereocenters. The summed E-state index contributed by atoms with van der Waals surface area (Å²) in [6.07, 6.45) is 0. The van der Waals surface area contributed by atoms with Crippen LogP contribution in [0.25, 0.3) is 10.2 Å². The minimum absolute atomic E-state index is 0.116. The molecule has 0 N–H and O–H groups in total. The summed E-state index contributed by atoms with van der Waals surface area (Å²) < 4.78 is 4.51. The van der Waals surface area contributed by atoms with E-state index in [-0.39, 0.29) is 12.5 Å². The van der Waals surface area contributed by atoms with Gasteiger partial charge in [0.15, 0.2) is 0 Å². The molecule has 0 atom stereocenters. The molecular formula is C11H10N4O2S. The first kappa shape index (κ1) is 12.4. The molecule has 2 rings (SSSR count). The van der Waals surface area contributed by atoms with Gasteiger partial charge in [0, 0.05) is 0 Å². The lowest BCUT2D eigenvalue weighted by atomic mass is 10.2. The van der Waals surface area contributed by atoms with E-state index in [1.165, 1.54) is 0 Å². The van der Waals surface area contributed by atoms with E-state index in [1.54, 1.807) is 25.1 Å². The highest BCUT2D eigenvalue weighted by atomic mass is 32.1. The monoisotopic (exact) mass is 262 g/mol. The van der Waals surface area contributed by atoms with Gasteiger partial charge in [-0.3, -0.25) is 9.63 Å². The summed E-state index contributed by atoms with van der Waals surface area (Å²) in [7, 11) is 0. The third-order valence-corrected chi connectivity index (χ3v) is 3.01. The van der Waals surface area contributed by atoms with Gasteiger partial charge >= 0.3 is 0 Å². The SMILES string of the molecule is CCON(CC#N)C(=O)c1cccc2nnsc12. The van der Waals surface area contributed by atoms with E-state index in [4.69, 9.17) is 10.1 Å². The van der Waals surface area contributed by atoms with Crippen LogP contribution in [-0.4, -0.2) is 33.7 Å². The van der Waals surface area contributed by atoms with Crippen LogP contribution in [0.2, 0.25) is 0 Å². The van der Waals surface area contributed by atoms with Crippen LogP contribution in [0.15, 0.2) is 18.2 Å². The van der Waals surface area contributed by atoms with Crippen LogP contribution in [0.1, 0.15) is 17.3 Å². The van der Waals surface area contributed by atoms with Crippen molar-refractivity contribution in [3.8, 4) is 6.07 Å². The summed E-state index contributed by atoms with van der Waals surface area (Å²) in [6, 6.07) is 7.08. The zero-order valence-corrected chi connectivity index (χ0v) is 10.5. The molecule has 0 fully saturated rings. The Balaban J connectivity index is 2.37. The number of rotatable bonds is 4. The Morgan fingerprint density at radius 2 is 2.44 bits per heavy atom. The van der Waals surface area contributed by atoms with Crippen molar-refractivity contribution >= 4 is 27.7 Å². The van der Waals surface area contributed by atoms with Crippen molar-refractivity contribution in [3.63, 3.8) is 0 Å². The first-order valence-corrected chi connectivity index (χ1v) is 6.08. The smallest absolute Gasteiger partial charge is 0.270 e. The standard InChI is InChI=1S/C11H10N4O2S/c1-2-17-15(7-6-12)11(16)8-4-3-5-9-10(8)18-14-13-9/h3-5H,2,7H2,1H3. The Hall–Kier alpha value is -2.04. The number of hydrogen-bond acceptors (Lipinski definition) is 6. The molecule has 1 aromatic heterocycles. The van der Waals surface area contributed by atoms with Gasteiger partial charge in [0.2, 0.25) is 0 Å². The van der Waals surface area contributed by atoms with E-state index < -0.39 is 0 Å². The highest BCUT2D eigenvalue weighted by Gasteiger charge is 2.19. The predicted octanol–water partition coefficient (Wildman–Crippen LogP) is 1.61. The summed E-state index contributed by atoms with van der Waals surface area (Å²) in [5.74, 6) is -0.352. The van der Waals surface area contributed by atoms with Crippen molar-refractivity contribution in [2.75, 3.05) is 13.2 Å². The molecule has 0 saturated heterocycles. The molecular weight excluding hydrogens is 252 g/mol. The van der Waals surface area contributed by atoms with E-state index in [2.05, 4.69) is 9.59 Å². The molecule has 1 aromatic carbocycles. The highest BCUT2D eigenvalue weighted by molar-refractivity contribution is 7.13. The van der Waals surface area contributed by atoms with Crippen molar-refractivity contribution in [1.29, 1.82) is 5.26 Å². The van der Waals surface area contributed by atoms with Gasteiger partial charge < -0.3 is 0 Å². The van der Waals surface area contributed by atoms with Crippen molar-refractivity contribution in [3.05, 3.63) is 23.8 Å². The van der Waals surface area contributed by atoms with Crippen LogP contribution >= 0.6 is 11.5 Å². The van der Waals surface area contributed by atoms with E-state index in [1.807, 2.05) is 6.07 Å². The molecule has 0 aliphatic carbocycles. The lowest BCUT2D eigenvalue weighted by Gasteiger charge is -2.17. The Morgan fingerprint density at radius 1 is 1.61 bits per heavy atom. The van der Waals surface area contributed by atoms with Crippen LogP contribution in [-0.2, 0) is 4.84 Å². The van der Waals surface area contributed by atoms with Gasteiger partial charge in [0.1, 0.15) is 12.1 Å². The maximum absolute atomic E-state index is 12.2. The molecule has 0 aliphatic heterocycles. The molecule has 1 amide bonds. The van der Waals surface area contributed by atoms with Crippen molar-refractivity contribution in [2.24, 2.45) is 0 Å². The number of aromatic nitrogens is 2. The topological polar surface area (TPSA) is 79.1 Å². The minimum Gasteiger partial charge on any atom is -0.270 e. The molecule has 0 spiro atoms. The van der Waals surface area contributed by atoms with Gasteiger partial charge in [-0.1, -0.05) is 10.6 Å². The molecule has 2 aromatic rings. The highest BCUT2D eigenvalue weighted by Crippen LogP contribution is 2.21. The fourth-order valence-electron chi connectivity index (χ4n) is 1.50. The lowest BCUT2D eigenvalue weighted by Crippen LogP contribution is -2.31. The van der Waals surface area contributed by atoms with Crippen LogP contribution in [0.5, 0.6) is 0 Å². The fourth-order valence-corrected chi connectivity index (χ4v) is 2.17. The average molecular weight is 262 g/mol. The summed E-state index contributed by atoms with van der Waals surface area (Å²) >= 11 is 1.15. The molecule has 7 heteroatoms. The zero-order chi connectivity index (χ0) is 13.0. The maximum atomic E-state index is 12.2. The van der Waals surface area contributed by atoms with Crippen molar-refractivity contribution in [2.45, 2.75) is 6.92 Å². The van der Waals surface area contributed by atoms with Crippen LogP contribution in [0.3, 0.4) is 0 Å². The molecule has 0 saturated carbocycles. The molecule has 6 nitrogen and oxygen atoms in total. The van der Waals surface area contributed by atoms with E-state index >= 15 is 0 Å². The average Bonchev–Trinajstić information content (AvgIpc) is 2.85. The fraction of sp³-hybridized carbons (Fsp3) is 0.273. The number of nitrogens with zero attached hydrogens (tertiary/aromatic N) is 4. The van der Waals surface area contributed by atoms with Gasteiger partial charge in [0.25, 0.3) is 5.91 Å². The molecule has 0 aliphatic rings. The maximum Gasteiger partial charge on any atom is 0.279 e. The zero-order valence-electron chi connectivity index (χ0n) is 9.66. The van der Waals surface area contributed by atoms with Gasteiger partial charge in [-0.05, 0) is 30.6 Å². The molecule has 92 valence electrons. The molecule has 18 heavy (non-hydrogen) atoms. The van der Waals surface area contributed by atoms with E-state index in [0.717, 1.165) is 16.6 Å². The summed E-state index contributed by atoms with van der Waals surface area (Å²) in [5.41, 5.74) is 1.12. The predicted molar refractivity (Wildman–Crippen MR) is 65.7 cm³/mol. The molecule has 1 heterocycles. The summed E-state index contributed by atoms with van der Waals surface area (Å²) in [5, 5.41) is 13.6. The number of fused-ring (bicyclic) bond motifs is 1. The number of carbonyl (C=O) groups is 1. The first-order valence-electron chi connectivity index (χ1n) is 5.30. The number of nitriles is 1. The second kappa shape index (κ2) is 5.53. The van der Waals surface area contributed by atoms with Gasteiger partial charge in [-0.25, -0.2) is 5.06 Å². The number of amides is 1.